The van der Waals surface area contributed by atoms with Crippen LogP contribution < -0.4 is 5.32 Å². The SMILES string of the molecule is CCC(=O)Nc1ccc(S(=O)(=O)N2CCCC2c2ccccc2)cc1. The predicted octanol–water partition coefficient (Wildman–Crippen LogP) is 3.56. The van der Waals surface area contributed by atoms with E-state index in [-0.39, 0.29) is 16.8 Å². The number of carbonyl (C=O) groups excluding carboxylic acids is 1. The number of carbonyl (C=O) groups is 1. The Bertz CT molecular complexity index is 833. The van der Waals surface area contributed by atoms with Crippen molar-refractivity contribution < 1.29 is 13.2 Å². The molecule has 1 saturated heterocycles. The van der Waals surface area contributed by atoms with Crippen LogP contribution >= 0.6 is 0 Å². The molecule has 0 spiro atoms. The normalized spacial score (nSPS) is 18.2. The lowest BCUT2D eigenvalue weighted by Gasteiger charge is -2.24. The highest BCUT2D eigenvalue weighted by Gasteiger charge is 2.35. The van der Waals surface area contributed by atoms with Crippen LogP contribution in [0.4, 0.5) is 5.69 Å². The molecule has 1 N–H and O–H groups in total. The predicted molar refractivity (Wildman–Crippen MR) is 97.7 cm³/mol. The van der Waals surface area contributed by atoms with Gasteiger partial charge in [0, 0.05) is 18.7 Å². The Balaban J connectivity index is 1.84. The van der Waals surface area contributed by atoms with Crippen molar-refractivity contribution in [1.82, 2.24) is 4.31 Å². The molecule has 1 amide bonds. The number of anilines is 1. The fourth-order valence-electron chi connectivity index (χ4n) is 3.13. The van der Waals surface area contributed by atoms with Crippen molar-refractivity contribution in [2.75, 3.05) is 11.9 Å². The van der Waals surface area contributed by atoms with Crippen molar-refractivity contribution >= 4 is 21.6 Å². The Morgan fingerprint density at radius 2 is 1.80 bits per heavy atom. The van der Waals surface area contributed by atoms with Crippen molar-refractivity contribution in [3.8, 4) is 0 Å². The Labute approximate surface area is 148 Å². The molecule has 6 heteroatoms. The molecule has 0 radical (unpaired) electrons. The van der Waals surface area contributed by atoms with Crippen LogP contribution in [0.2, 0.25) is 0 Å². The Morgan fingerprint density at radius 1 is 1.12 bits per heavy atom. The second-order valence-electron chi connectivity index (χ2n) is 6.11. The number of amides is 1. The van der Waals surface area contributed by atoms with E-state index in [9.17, 15) is 13.2 Å². The summed E-state index contributed by atoms with van der Waals surface area (Å²) in [5.41, 5.74) is 1.63. The summed E-state index contributed by atoms with van der Waals surface area (Å²) in [7, 11) is -3.57. The van der Waals surface area contributed by atoms with Crippen molar-refractivity contribution in [3.63, 3.8) is 0 Å². The summed E-state index contributed by atoms with van der Waals surface area (Å²) in [5, 5.41) is 2.73. The molecule has 3 rings (SSSR count). The van der Waals surface area contributed by atoms with Crippen LogP contribution in [0.15, 0.2) is 59.5 Å². The molecular weight excluding hydrogens is 336 g/mol. The van der Waals surface area contributed by atoms with E-state index in [2.05, 4.69) is 5.32 Å². The number of benzene rings is 2. The molecule has 0 bridgehead atoms. The number of sulfonamides is 1. The van der Waals surface area contributed by atoms with Gasteiger partial charge in [-0.2, -0.15) is 4.31 Å². The van der Waals surface area contributed by atoms with Gasteiger partial charge in [0.2, 0.25) is 15.9 Å². The highest BCUT2D eigenvalue weighted by atomic mass is 32.2. The van der Waals surface area contributed by atoms with Gasteiger partial charge in [0.25, 0.3) is 0 Å². The molecule has 1 aliphatic rings. The first kappa shape index (κ1) is 17.6. The lowest BCUT2D eigenvalue weighted by molar-refractivity contribution is -0.115. The minimum atomic E-state index is -3.57. The molecule has 132 valence electrons. The fraction of sp³-hybridized carbons (Fsp3) is 0.316. The van der Waals surface area contributed by atoms with Gasteiger partial charge in [0.1, 0.15) is 0 Å². The average Bonchev–Trinajstić information content (AvgIpc) is 3.13. The standard InChI is InChI=1S/C19H22N2O3S/c1-2-19(22)20-16-10-12-17(13-11-16)25(23,24)21-14-6-9-18(21)15-7-4-3-5-8-15/h3-5,7-8,10-13,18H,2,6,9,14H2,1H3,(H,20,22). The minimum absolute atomic E-state index is 0.0979. The van der Waals surface area contributed by atoms with Crippen LogP contribution in [0.1, 0.15) is 37.8 Å². The van der Waals surface area contributed by atoms with Gasteiger partial charge >= 0.3 is 0 Å². The van der Waals surface area contributed by atoms with Crippen molar-refractivity contribution in [2.24, 2.45) is 0 Å². The molecule has 1 aliphatic heterocycles. The maximum Gasteiger partial charge on any atom is 0.243 e. The van der Waals surface area contributed by atoms with Gasteiger partial charge in [-0.3, -0.25) is 4.79 Å². The van der Waals surface area contributed by atoms with E-state index in [1.54, 1.807) is 35.5 Å². The van der Waals surface area contributed by atoms with Gasteiger partial charge < -0.3 is 5.32 Å². The number of rotatable bonds is 5. The van der Waals surface area contributed by atoms with E-state index in [0.717, 1.165) is 18.4 Å². The Kier molecular flexibility index (Phi) is 5.20. The van der Waals surface area contributed by atoms with E-state index < -0.39 is 10.0 Å². The molecule has 1 heterocycles. The van der Waals surface area contributed by atoms with E-state index in [1.165, 1.54) is 0 Å². The molecule has 0 saturated carbocycles. The number of nitrogens with one attached hydrogen (secondary N) is 1. The van der Waals surface area contributed by atoms with Gasteiger partial charge in [0.15, 0.2) is 0 Å². The van der Waals surface area contributed by atoms with Gasteiger partial charge in [-0.15, -0.1) is 0 Å². The summed E-state index contributed by atoms with van der Waals surface area (Å²) in [6, 6.07) is 16.0. The van der Waals surface area contributed by atoms with Gasteiger partial charge in [-0.05, 0) is 42.7 Å². The van der Waals surface area contributed by atoms with Crippen LogP contribution in [-0.2, 0) is 14.8 Å². The lowest BCUT2D eigenvalue weighted by Crippen LogP contribution is -2.30. The summed E-state index contributed by atoms with van der Waals surface area (Å²) in [5.74, 6) is -0.0979. The van der Waals surface area contributed by atoms with E-state index in [0.29, 0.717) is 18.7 Å². The number of hydrogen-bond donors (Lipinski definition) is 1. The maximum atomic E-state index is 13.0. The first-order valence-electron chi connectivity index (χ1n) is 8.49. The second-order valence-corrected chi connectivity index (χ2v) is 8.00. The summed E-state index contributed by atoms with van der Waals surface area (Å²) in [6.45, 7) is 2.29. The van der Waals surface area contributed by atoms with Crippen LogP contribution in [-0.4, -0.2) is 25.2 Å². The maximum absolute atomic E-state index is 13.0. The van der Waals surface area contributed by atoms with E-state index in [1.807, 2.05) is 30.3 Å². The van der Waals surface area contributed by atoms with Gasteiger partial charge in [0.05, 0.1) is 10.9 Å². The first-order valence-corrected chi connectivity index (χ1v) is 9.93. The quantitative estimate of drug-likeness (QED) is 0.889. The molecule has 0 aliphatic carbocycles. The third kappa shape index (κ3) is 3.75. The molecule has 25 heavy (non-hydrogen) atoms. The summed E-state index contributed by atoms with van der Waals surface area (Å²) in [4.78, 5) is 11.7. The molecule has 1 atom stereocenters. The minimum Gasteiger partial charge on any atom is -0.326 e. The molecule has 2 aromatic rings. The van der Waals surface area contributed by atoms with Crippen LogP contribution in [0.5, 0.6) is 0 Å². The van der Waals surface area contributed by atoms with Crippen molar-refractivity contribution in [2.45, 2.75) is 37.1 Å². The number of hydrogen-bond acceptors (Lipinski definition) is 3. The van der Waals surface area contributed by atoms with E-state index in [4.69, 9.17) is 0 Å². The summed E-state index contributed by atoms with van der Waals surface area (Å²) < 4.78 is 27.7. The zero-order chi connectivity index (χ0) is 17.9. The molecule has 1 unspecified atom stereocenters. The van der Waals surface area contributed by atoms with Gasteiger partial charge in [-0.1, -0.05) is 37.3 Å². The molecule has 1 fully saturated rings. The van der Waals surface area contributed by atoms with Crippen molar-refractivity contribution in [1.29, 1.82) is 0 Å². The zero-order valence-corrected chi connectivity index (χ0v) is 15.0. The monoisotopic (exact) mass is 358 g/mol. The first-order chi connectivity index (χ1) is 12.0. The molecule has 0 aromatic heterocycles. The smallest absolute Gasteiger partial charge is 0.243 e. The Hall–Kier alpha value is -2.18. The van der Waals surface area contributed by atoms with Crippen molar-refractivity contribution in [3.05, 3.63) is 60.2 Å². The fourth-order valence-corrected chi connectivity index (χ4v) is 4.81. The third-order valence-electron chi connectivity index (χ3n) is 4.45. The highest BCUT2D eigenvalue weighted by molar-refractivity contribution is 7.89. The van der Waals surface area contributed by atoms with Crippen LogP contribution in [0, 0.1) is 0 Å². The van der Waals surface area contributed by atoms with Crippen LogP contribution in [0.3, 0.4) is 0 Å². The van der Waals surface area contributed by atoms with Crippen LogP contribution in [0.25, 0.3) is 0 Å². The summed E-state index contributed by atoms with van der Waals surface area (Å²) in [6.07, 6.45) is 2.06. The average molecular weight is 358 g/mol. The zero-order valence-electron chi connectivity index (χ0n) is 14.2. The third-order valence-corrected chi connectivity index (χ3v) is 6.38. The molecule has 5 nitrogen and oxygen atoms in total. The largest absolute Gasteiger partial charge is 0.326 e. The highest BCUT2D eigenvalue weighted by Crippen LogP contribution is 2.36. The molecular formula is C19H22N2O3S. The van der Waals surface area contributed by atoms with Gasteiger partial charge in [-0.25, -0.2) is 8.42 Å². The topological polar surface area (TPSA) is 66.5 Å². The number of nitrogens with zero attached hydrogens (tertiary/aromatic N) is 1. The molecule has 2 aromatic carbocycles. The summed E-state index contributed by atoms with van der Waals surface area (Å²) >= 11 is 0. The Morgan fingerprint density at radius 3 is 2.44 bits per heavy atom. The second kappa shape index (κ2) is 7.37. The van der Waals surface area contributed by atoms with E-state index >= 15 is 0 Å². The lowest BCUT2D eigenvalue weighted by atomic mass is 10.1.